The summed E-state index contributed by atoms with van der Waals surface area (Å²) in [5.41, 5.74) is -1.04. The Hall–Kier alpha value is -0.410. The minimum Gasteiger partial charge on any atom is -0.382 e. The Morgan fingerprint density at radius 1 is 1.29 bits per heavy atom. The monoisotopic (exact) mass is 200 g/mol. The first kappa shape index (κ1) is 11.7. The number of quaternary nitrogens is 1. The number of likely N-dealkylation sites (tertiary alicyclic amines) is 1. The zero-order valence-corrected chi connectivity index (χ0v) is 9.71. The Kier molecular flexibility index (Phi) is 3.02. The molecule has 1 N–H and O–H groups in total. The summed E-state index contributed by atoms with van der Waals surface area (Å²) in [5.74, 6) is -0.0501. The molecule has 0 radical (unpaired) electrons. The lowest BCUT2D eigenvalue weighted by Gasteiger charge is -2.41. The van der Waals surface area contributed by atoms with Gasteiger partial charge in [0.1, 0.15) is 5.60 Å². The van der Waals surface area contributed by atoms with Crippen molar-refractivity contribution >= 4 is 5.78 Å². The van der Waals surface area contributed by atoms with Gasteiger partial charge in [-0.3, -0.25) is 4.79 Å². The first-order valence-corrected chi connectivity index (χ1v) is 5.36. The third kappa shape index (κ3) is 2.34. The summed E-state index contributed by atoms with van der Waals surface area (Å²) in [7, 11) is 4.28. The number of carbonyl (C=O) groups is 1. The molecular formula is C11H22NO2+. The molecule has 0 atom stereocenters. The third-order valence-electron chi connectivity index (χ3n) is 3.24. The van der Waals surface area contributed by atoms with Crippen LogP contribution in [-0.4, -0.2) is 48.2 Å². The third-order valence-corrected chi connectivity index (χ3v) is 3.24. The highest BCUT2D eigenvalue weighted by Crippen LogP contribution is 2.27. The Labute approximate surface area is 86.3 Å². The zero-order valence-electron chi connectivity index (χ0n) is 9.71. The van der Waals surface area contributed by atoms with Crippen molar-refractivity contribution in [1.82, 2.24) is 0 Å². The van der Waals surface area contributed by atoms with Crippen LogP contribution in [0.5, 0.6) is 0 Å². The number of ketones is 1. The highest BCUT2D eigenvalue weighted by Gasteiger charge is 2.43. The molecule has 0 spiro atoms. The van der Waals surface area contributed by atoms with E-state index >= 15 is 0 Å². The Morgan fingerprint density at radius 2 is 1.71 bits per heavy atom. The normalized spacial score (nSPS) is 25.0. The standard InChI is InChI=1S/C11H22NO2/c1-9(2)10(13)11(14)5-7-12(3,4)8-6-11/h9,14H,5-8H2,1-4H3/q+1. The largest absolute Gasteiger partial charge is 0.382 e. The Bertz CT molecular complexity index is 223. The van der Waals surface area contributed by atoms with Crippen molar-refractivity contribution in [1.29, 1.82) is 0 Å². The topological polar surface area (TPSA) is 37.3 Å². The molecule has 3 nitrogen and oxygen atoms in total. The van der Waals surface area contributed by atoms with Gasteiger partial charge >= 0.3 is 0 Å². The van der Waals surface area contributed by atoms with Gasteiger partial charge in [-0.25, -0.2) is 0 Å². The summed E-state index contributed by atoms with van der Waals surface area (Å²) >= 11 is 0. The van der Waals surface area contributed by atoms with Gasteiger partial charge in [0.2, 0.25) is 0 Å². The highest BCUT2D eigenvalue weighted by molar-refractivity contribution is 5.88. The van der Waals surface area contributed by atoms with Crippen molar-refractivity contribution in [3.63, 3.8) is 0 Å². The number of rotatable bonds is 2. The van der Waals surface area contributed by atoms with Crippen molar-refractivity contribution < 1.29 is 14.4 Å². The lowest BCUT2D eigenvalue weighted by molar-refractivity contribution is -0.896. The molecule has 0 aromatic heterocycles. The molecule has 0 saturated carbocycles. The second-order valence-electron chi connectivity index (χ2n) is 5.43. The predicted molar refractivity (Wildman–Crippen MR) is 55.9 cm³/mol. The smallest absolute Gasteiger partial charge is 0.167 e. The predicted octanol–water partition coefficient (Wildman–Crippen LogP) is 0.813. The second kappa shape index (κ2) is 3.63. The molecule has 1 aliphatic heterocycles. The van der Waals surface area contributed by atoms with Gasteiger partial charge in [0.05, 0.1) is 27.2 Å². The maximum absolute atomic E-state index is 11.8. The van der Waals surface area contributed by atoms with Gasteiger partial charge in [-0.05, 0) is 0 Å². The van der Waals surface area contributed by atoms with Gasteiger partial charge in [-0.15, -0.1) is 0 Å². The molecule has 14 heavy (non-hydrogen) atoms. The number of aliphatic hydroxyl groups is 1. The quantitative estimate of drug-likeness (QED) is 0.670. The number of Topliss-reactive ketones (excluding diaryl/α,β-unsaturated/α-hetero) is 1. The SMILES string of the molecule is CC(C)C(=O)C1(O)CC[N+](C)(C)CC1. The summed E-state index contributed by atoms with van der Waals surface area (Å²) in [5, 5.41) is 10.2. The molecular weight excluding hydrogens is 178 g/mol. The van der Waals surface area contributed by atoms with Crippen molar-refractivity contribution in [2.24, 2.45) is 5.92 Å². The minimum absolute atomic E-state index is 0.0113. The second-order valence-corrected chi connectivity index (χ2v) is 5.43. The zero-order chi connectivity index (χ0) is 11.0. The maximum atomic E-state index is 11.8. The average Bonchev–Trinajstić information content (AvgIpc) is 2.09. The fourth-order valence-electron chi connectivity index (χ4n) is 2.00. The molecule has 0 bridgehead atoms. The van der Waals surface area contributed by atoms with E-state index in [9.17, 15) is 9.90 Å². The summed E-state index contributed by atoms with van der Waals surface area (Å²) in [6.45, 7) is 5.48. The molecule has 82 valence electrons. The lowest BCUT2D eigenvalue weighted by Crippen LogP contribution is -2.56. The Balaban J connectivity index is 2.66. The first-order chi connectivity index (χ1) is 6.27. The van der Waals surface area contributed by atoms with Gasteiger partial charge in [0.15, 0.2) is 5.78 Å². The van der Waals surface area contributed by atoms with Gasteiger partial charge in [-0.2, -0.15) is 0 Å². The van der Waals surface area contributed by atoms with E-state index < -0.39 is 5.60 Å². The van der Waals surface area contributed by atoms with E-state index in [0.717, 1.165) is 17.6 Å². The number of piperidine rings is 1. The van der Waals surface area contributed by atoms with E-state index in [4.69, 9.17) is 0 Å². The number of nitrogens with zero attached hydrogens (tertiary/aromatic N) is 1. The molecule has 0 aromatic carbocycles. The molecule has 1 rings (SSSR count). The molecule has 1 aliphatic rings. The van der Waals surface area contributed by atoms with Crippen molar-refractivity contribution in [2.45, 2.75) is 32.3 Å². The summed E-state index contributed by atoms with van der Waals surface area (Å²) in [4.78, 5) is 11.8. The van der Waals surface area contributed by atoms with Crippen LogP contribution in [0.3, 0.4) is 0 Å². The van der Waals surface area contributed by atoms with Gasteiger partial charge in [0, 0.05) is 18.8 Å². The molecule has 0 aromatic rings. The van der Waals surface area contributed by atoms with Gasteiger partial charge in [0.25, 0.3) is 0 Å². The minimum atomic E-state index is -1.04. The maximum Gasteiger partial charge on any atom is 0.167 e. The molecule has 3 heteroatoms. The van der Waals surface area contributed by atoms with E-state index in [0.29, 0.717) is 12.8 Å². The van der Waals surface area contributed by atoms with E-state index in [2.05, 4.69) is 14.1 Å². The summed E-state index contributed by atoms with van der Waals surface area (Å²) in [6, 6.07) is 0. The summed E-state index contributed by atoms with van der Waals surface area (Å²) in [6.07, 6.45) is 1.22. The first-order valence-electron chi connectivity index (χ1n) is 5.36. The summed E-state index contributed by atoms with van der Waals surface area (Å²) < 4.78 is 0.910. The van der Waals surface area contributed by atoms with Crippen LogP contribution in [0.1, 0.15) is 26.7 Å². The van der Waals surface area contributed by atoms with E-state index in [-0.39, 0.29) is 11.7 Å². The fourth-order valence-corrected chi connectivity index (χ4v) is 2.00. The number of hydrogen-bond acceptors (Lipinski definition) is 2. The number of hydrogen-bond donors (Lipinski definition) is 1. The molecule has 1 heterocycles. The van der Waals surface area contributed by atoms with E-state index in [1.54, 1.807) is 0 Å². The average molecular weight is 200 g/mol. The van der Waals surface area contributed by atoms with Crippen LogP contribution in [0.4, 0.5) is 0 Å². The molecule has 0 aliphatic carbocycles. The van der Waals surface area contributed by atoms with Crippen molar-refractivity contribution in [3.8, 4) is 0 Å². The van der Waals surface area contributed by atoms with Crippen LogP contribution >= 0.6 is 0 Å². The van der Waals surface area contributed by atoms with Crippen LogP contribution in [-0.2, 0) is 4.79 Å². The fraction of sp³-hybridized carbons (Fsp3) is 0.909. The lowest BCUT2D eigenvalue weighted by atomic mass is 9.82. The molecule has 1 saturated heterocycles. The van der Waals surface area contributed by atoms with Crippen molar-refractivity contribution in [2.75, 3.05) is 27.2 Å². The van der Waals surface area contributed by atoms with Crippen LogP contribution in [0, 0.1) is 5.92 Å². The van der Waals surface area contributed by atoms with Crippen LogP contribution < -0.4 is 0 Å². The van der Waals surface area contributed by atoms with E-state index in [1.165, 1.54) is 0 Å². The Morgan fingerprint density at radius 3 is 2.07 bits per heavy atom. The van der Waals surface area contributed by atoms with Crippen LogP contribution in [0.25, 0.3) is 0 Å². The van der Waals surface area contributed by atoms with Crippen LogP contribution in [0.2, 0.25) is 0 Å². The number of carbonyl (C=O) groups excluding carboxylic acids is 1. The molecule has 0 unspecified atom stereocenters. The van der Waals surface area contributed by atoms with E-state index in [1.807, 2.05) is 13.8 Å². The van der Waals surface area contributed by atoms with Crippen molar-refractivity contribution in [3.05, 3.63) is 0 Å². The van der Waals surface area contributed by atoms with Crippen LogP contribution in [0.15, 0.2) is 0 Å². The van der Waals surface area contributed by atoms with Gasteiger partial charge < -0.3 is 9.59 Å². The molecule has 0 amide bonds. The van der Waals surface area contributed by atoms with Gasteiger partial charge in [-0.1, -0.05) is 13.8 Å². The highest BCUT2D eigenvalue weighted by atomic mass is 16.3. The molecule has 1 fully saturated rings.